The summed E-state index contributed by atoms with van der Waals surface area (Å²) < 4.78 is 18.4. The van der Waals surface area contributed by atoms with Gasteiger partial charge in [0.05, 0.1) is 30.6 Å². The number of nitrogens with one attached hydrogen (secondary N) is 2. The number of urea groups is 1. The van der Waals surface area contributed by atoms with E-state index in [9.17, 15) is 4.79 Å². The summed E-state index contributed by atoms with van der Waals surface area (Å²) >= 11 is 6.22. The van der Waals surface area contributed by atoms with E-state index in [1.807, 2.05) is 47.1 Å². The fraction of sp³-hybridized carbons (Fsp3) is 0.111. The molecule has 3 aromatic heterocycles. The number of amides is 2. The Morgan fingerprint density at radius 2 is 1.82 bits per heavy atom. The molecule has 0 spiro atoms. The Morgan fingerprint density at radius 3 is 2.61 bits per heavy atom. The van der Waals surface area contributed by atoms with Crippen LogP contribution in [0.3, 0.4) is 0 Å². The number of carbonyl (C=O) groups excluding carboxylic acids is 1. The number of anilines is 2. The van der Waals surface area contributed by atoms with E-state index >= 15 is 0 Å². The first-order chi connectivity index (χ1) is 18.5. The predicted molar refractivity (Wildman–Crippen MR) is 144 cm³/mol. The van der Waals surface area contributed by atoms with E-state index in [1.54, 1.807) is 36.8 Å². The Hall–Kier alpha value is -4.83. The van der Waals surface area contributed by atoms with Crippen LogP contribution < -0.4 is 24.8 Å². The van der Waals surface area contributed by atoms with Crippen LogP contribution in [0.25, 0.3) is 16.9 Å². The number of methoxy groups -OCH3 is 2. The Bertz CT molecular complexity index is 1590. The summed E-state index contributed by atoms with van der Waals surface area (Å²) in [5.74, 6) is 1.24. The minimum atomic E-state index is -0.471. The summed E-state index contributed by atoms with van der Waals surface area (Å²) in [5, 5.41) is 5.93. The van der Waals surface area contributed by atoms with Crippen molar-refractivity contribution in [3.8, 4) is 28.6 Å². The highest BCUT2D eigenvalue weighted by Crippen LogP contribution is 2.36. The molecule has 38 heavy (non-hydrogen) atoms. The largest absolute Gasteiger partial charge is 0.495 e. The van der Waals surface area contributed by atoms with Gasteiger partial charge in [0, 0.05) is 48.3 Å². The molecule has 10 nitrogen and oxygen atoms in total. The molecule has 0 atom stereocenters. The van der Waals surface area contributed by atoms with E-state index in [0.29, 0.717) is 51.7 Å². The summed E-state index contributed by atoms with van der Waals surface area (Å²) in [5.41, 5.74) is 3.94. The topological polar surface area (TPSA) is 112 Å². The van der Waals surface area contributed by atoms with Gasteiger partial charge < -0.3 is 29.2 Å². The molecule has 0 radical (unpaired) electrons. The van der Waals surface area contributed by atoms with Gasteiger partial charge in [0.1, 0.15) is 18.1 Å². The van der Waals surface area contributed by atoms with E-state index in [2.05, 4.69) is 20.6 Å². The van der Waals surface area contributed by atoms with Crippen molar-refractivity contribution in [3.63, 3.8) is 0 Å². The van der Waals surface area contributed by atoms with Gasteiger partial charge in [0.2, 0.25) is 5.65 Å². The number of aromatic nitrogens is 4. The van der Waals surface area contributed by atoms with Crippen LogP contribution in [0.2, 0.25) is 5.02 Å². The van der Waals surface area contributed by atoms with E-state index in [4.69, 9.17) is 30.8 Å². The number of pyridine rings is 1. The monoisotopic (exact) mass is 530 g/mol. The third-order valence-corrected chi connectivity index (χ3v) is 5.90. The molecule has 11 heteroatoms. The van der Waals surface area contributed by atoms with Crippen LogP contribution in [-0.4, -0.2) is 39.6 Å². The zero-order valence-electron chi connectivity index (χ0n) is 20.5. The van der Waals surface area contributed by atoms with Crippen LogP contribution in [0.5, 0.6) is 17.4 Å². The lowest BCUT2D eigenvalue weighted by Crippen LogP contribution is -2.19. The molecule has 2 amide bonds. The number of hydrogen-bond acceptors (Lipinski definition) is 7. The Labute approximate surface area is 223 Å². The zero-order valence-corrected chi connectivity index (χ0v) is 21.3. The van der Waals surface area contributed by atoms with Crippen molar-refractivity contribution in [1.29, 1.82) is 0 Å². The predicted octanol–water partition coefficient (Wildman–Crippen LogP) is 5.68. The number of hydrogen-bond donors (Lipinski definition) is 2. The van der Waals surface area contributed by atoms with Gasteiger partial charge in [-0.3, -0.25) is 4.98 Å². The molecule has 3 heterocycles. The average molecular weight is 531 g/mol. The van der Waals surface area contributed by atoms with E-state index < -0.39 is 6.03 Å². The average Bonchev–Trinajstić information content (AvgIpc) is 3.41. The van der Waals surface area contributed by atoms with Crippen molar-refractivity contribution >= 4 is 34.7 Å². The first-order valence-electron chi connectivity index (χ1n) is 11.5. The van der Waals surface area contributed by atoms with Crippen molar-refractivity contribution in [1.82, 2.24) is 19.4 Å². The highest BCUT2D eigenvalue weighted by atomic mass is 35.5. The molecular formula is C27H23ClN6O4. The fourth-order valence-electron chi connectivity index (χ4n) is 3.77. The maximum Gasteiger partial charge on any atom is 0.323 e. The van der Waals surface area contributed by atoms with E-state index in [-0.39, 0.29) is 0 Å². The van der Waals surface area contributed by atoms with E-state index in [0.717, 1.165) is 11.1 Å². The van der Waals surface area contributed by atoms with Gasteiger partial charge in [-0.15, -0.1) is 0 Å². The van der Waals surface area contributed by atoms with Crippen LogP contribution in [0.4, 0.5) is 16.2 Å². The quantitative estimate of drug-likeness (QED) is 0.265. The molecule has 0 bridgehead atoms. The van der Waals surface area contributed by atoms with Crippen molar-refractivity contribution in [2.45, 2.75) is 6.61 Å². The van der Waals surface area contributed by atoms with Gasteiger partial charge in [-0.2, -0.15) is 0 Å². The second kappa shape index (κ2) is 11.1. The number of ether oxygens (including phenoxy) is 3. The summed E-state index contributed by atoms with van der Waals surface area (Å²) in [4.78, 5) is 25.9. The van der Waals surface area contributed by atoms with Gasteiger partial charge in [-0.1, -0.05) is 23.7 Å². The molecule has 5 rings (SSSR count). The Balaban J connectivity index is 1.36. The SMILES string of the molecule is COc1cc(OC)c(NC(=O)Nc2cccc(-c3cn4ccnc4c(OCc4ccncc4)n3)c2)cc1Cl. The summed E-state index contributed by atoms with van der Waals surface area (Å²) in [6, 6.07) is 13.8. The second-order valence-electron chi connectivity index (χ2n) is 8.08. The normalized spacial score (nSPS) is 10.7. The maximum atomic E-state index is 12.8. The molecule has 5 aromatic rings. The molecule has 0 unspecified atom stereocenters. The van der Waals surface area contributed by atoms with Crippen molar-refractivity contribution in [2.75, 3.05) is 24.9 Å². The number of rotatable bonds is 8. The highest BCUT2D eigenvalue weighted by Gasteiger charge is 2.14. The number of benzene rings is 2. The highest BCUT2D eigenvalue weighted by molar-refractivity contribution is 6.32. The standard InChI is InChI=1S/C27H23ClN6O4/c1-36-23-14-24(37-2)21(13-20(23)28)33-27(35)31-19-5-3-4-18(12-19)22-15-34-11-10-30-25(34)26(32-22)38-16-17-6-8-29-9-7-17/h3-15H,16H2,1-2H3,(H2,31,33,35). The summed E-state index contributed by atoms with van der Waals surface area (Å²) in [6.45, 7) is 0.322. The molecule has 0 aliphatic carbocycles. The minimum absolute atomic E-state index is 0.322. The number of carbonyl (C=O) groups is 1. The molecule has 2 aromatic carbocycles. The smallest absolute Gasteiger partial charge is 0.323 e. The van der Waals surface area contributed by atoms with Crippen molar-refractivity contribution in [2.24, 2.45) is 0 Å². The van der Waals surface area contributed by atoms with Gasteiger partial charge in [-0.05, 0) is 35.9 Å². The number of nitrogens with zero attached hydrogens (tertiary/aromatic N) is 4. The van der Waals surface area contributed by atoms with Crippen molar-refractivity contribution < 1.29 is 19.0 Å². The third-order valence-electron chi connectivity index (χ3n) is 5.61. The summed E-state index contributed by atoms with van der Waals surface area (Å²) in [7, 11) is 3.00. The van der Waals surface area contributed by atoms with Crippen LogP contribution >= 0.6 is 11.6 Å². The molecule has 2 N–H and O–H groups in total. The minimum Gasteiger partial charge on any atom is -0.495 e. The number of halogens is 1. The molecular weight excluding hydrogens is 508 g/mol. The second-order valence-corrected chi connectivity index (χ2v) is 8.49. The molecule has 0 fully saturated rings. The molecule has 0 saturated carbocycles. The maximum absolute atomic E-state index is 12.8. The van der Waals surface area contributed by atoms with Crippen molar-refractivity contribution in [3.05, 3.63) is 90.1 Å². The van der Waals surface area contributed by atoms with Gasteiger partial charge >= 0.3 is 6.03 Å². The Morgan fingerprint density at radius 1 is 1.00 bits per heavy atom. The third kappa shape index (κ3) is 5.45. The van der Waals surface area contributed by atoms with E-state index in [1.165, 1.54) is 14.2 Å². The first-order valence-corrected chi connectivity index (χ1v) is 11.9. The lowest BCUT2D eigenvalue weighted by Gasteiger charge is -2.14. The Kier molecular flexibility index (Phi) is 7.23. The lowest BCUT2D eigenvalue weighted by atomic mass is 10.1. The zero-order chi connectivity index (χ0) is 26.5. The fourth-order valence-corrected chi connectivity index (χ4v) is 4.01. The number of imidazole rings is 1. The summed E-state index contributed by atoms with van der Waals surface area (Å²) in [6.07, 6.45) is 8.78. The van der Waals surface area contributed by atoms with Gasteiger partial charge in [0.15, 0.2) is 0 Å². The molecule has 0 aliphatic rings. The molecule has 0 saturated heterocycles. The van der Waals surface area contributed by atoms with Crippen LogP contribution in [0.1, 0.15) is 5.56 Å². The molecule has 0 aliphatic heterocycles. The van der Waals surface area contributed by atoms with Crippen LogP contribution in [-0.2, 0) is 6.61 Å². The lowest BCUT2D eigenvalue weighted by molar-refractivity contribution is 0.262. The first kappa shape index (κ1) is 24.8. The number of fused-ring (bicyclic) bond motifs is 1. The van der Waals surface area contributed by atoms with Crippen LogP contribution in [0, 0.1) is 0 Å². The van der Waals surface area contributed by atoms with Gasteiger partial charge in [-0.25, -0.2) is 14.8 Å². The van der Waals surface area contributed by atoms with Gasteiger partial charge in [0.25, 0.3) is 5.88 Å². The molecule has 192 valence electrons. The van der Waals surface area contributed by atoms with Crippen LogP contribution in [0.15, 0.2) is 79.5 Å².